The first-order valence-corrected chi connectivity index (χ1v) is 6.32. The summed E-state index contributed by atoms with van der Waals surface area (Å²) in [5.74, 6) is -0.395. The molecule has 0 aliphatic heterocycles. The van der Waals surface area contributed by atoms with Crippen LogP contribution in [0.2, 0.25) is 0 Å². The Morgan fingerprint density at radius 3 is 2.61 bits per heavy atom. The molecule has 1 aromatic heterocycles. The van der Waals surface area contributed by atoms with Gasteiger partial charge in [-0.15, -0.1) is 11.3 Å². The number of aromatic nitrogens is 1. The Hall–Kier alpha value is -1.72. The van der Waals surface area contributed by atoms with Gasteiger partial charge in [0.15, 0.2) is 5.69 Å². The van der Waals surface area contributed by atoms with Crippen LogP contribution >= 0.6 is 11.3 Å². The number of rotatable bonds is 3. The van der Waals surface area contributed by atoms with Gasteiger partial charge in [-0.05, 0) is 12.5 Å². The highest BCUT2D eigenvalue weighted by Crippen LogP contribution is 2.28. The van der Waals surface area contributed by atoms with Crippen molar-refractivity contribution in [1.29, 1.82) is 0 Å². The molecule has 2 N–H and O–H groups in total. The summed E-state index contributed by atoms with van der Waals surface area (Å²) in [5, 5.41) is 0.816. The lowest BCUT2D eigenvalue weighted by atomic mass is 10.1. The molecule has 0 aliphatic carbocycles. The first-order chi connectivity index (χ1) is 8.65. The van der Waals surface area contributed by atoms with Crippen molar-refractivity contribution in [2.45, 2.75) is 13.5 Å². The first kappa shape index (κ1) is 12.7. The Kier molecular flexibility index (Phi) is 3.74. The molecule has 2 rings (SSSR count). The minimum absolute atomic E-state index is 0.389. The van der Waals surface area contributed by atoms with Gasteiger partial charge in [-0.1, -0.05) is 24.3 Å². The normalized spacial score (nSPS) is 10.4. The third kappa shape index (κ3) is 2.42. The molecule has 0 saturated carbocycles. The van der Waals surface area contributed by atoms with Gasteiger partial charge >= 0.3 is 5.97 Å². The van der Waals surface area contributed by atoms with E-state index in [1.165, 1.54) is 18.4 Å². The Balaban J connectivity index is 2.36. The minimum atomic E-state index is -0.395. The van der Waals surface area contributed by atoms with Crippen LogP contribution in [0.5, 0.6) is 0 Å². The fourth-order valence-corrected chi connectivity index (χ4v) is 2.50. The lowest BCUT2D eigenvalue weighted by Gasteiger charge is -1.98. The van der Waals surface area contributed by atoms with Gasteiger partial charge in [0, 0.05) is 17.0 Å². The third-order valence-electron chi connectivity index (χ3n) is 2.61. The zero-order valence-corrected chi connectivity index (χ0v) is 11.1. The maximum absolute atomic E-state index is 11.5. The Labute approximate surface area is 109 Å². The standard InChI is InChI=1S/C13H14N2O2S/c1-8-11(13(16)17-2)15-12(18-8)10-5-3-9(7-14)4-6-10/h3-6H,7,14H2,1-2H3. The van der Waals surface area contributed by atoms with E-state index < -0.39 is 5.97 Å². The lowest BCUT2D eigenvalue weighted by molar-refractivity contribution is 0.0594. The predicted octanol–water partition coefficient (Wildman–Crippen LogP) is 2.36. The van der Waals surface area contributed by atoms with Crippen molar-refractivity contribution >= 4 is 17.3 Å². The average Bonchev–Trinajstić information content (AvgIpc) is 2.80. The molecule has 0 fully saturated rings. The largest absolute Gasteiger partial charge is 0.464 e. The summed E-state index contributed by atoms with van der Waals surface area (Å²) in [7, 11) is 1.36. The first-order valence-electron chi connectivity index (χ1n) is 5.51. The van der Waals surface area contributed by atoms with Crippen molar-refractivity contribution in [2.24, 2.45) is 5.73 Å². The molecule has 0 unspecified atom stereocenters. The van der Waals surface area contributed by atoms with E-state index in [9.17, 15) is 4.79 Å². The van der Waals surface area contributed by atoms with Gasteiger partial charge in [0.25, 0.3) is 0 Å². The molecule has 4 nitrogen and oxygen atoms in total. The van der Waals surface area contributed by atoms with Crippen molar-refractivity contribution in [3.63, 3.8) is 0 Å². The number of aryl methyl sites for hydroxylation is 1. The molecule has 0 saturated heterocycles. The zero-order chi connectivity index (χ0) is 13.1. The SMILES string of the molecule is COC(=O)c1nc(-c2ccc(CN)cc2)sc1C. The predicted molar refractivity (Wildman–Crippen MR) is 71.5 cm³/mol. The van der Waals surface area contributed by atoms with Crippen LogP contribution < -0.4 is 5.73 Å². The zero-order valence-electron chi connectivity index (χ0n) is 10.3. The number of hydrogen-bond acceptors (Lipinski definition) is 5. The number of carbonyl (C=O) groups excluding carboxylic acids is 1. The summed E-state index contributed by atoms with van der Waals surface area (Å²) in [4.78, 5) is 16.7. The summed E-state index contributed by atoms with van der Waals surface area (Å²) in [6, 6.07) is 7.84. The Bertz CT molecular complexity index is 561. The van der Waals surface area contributed by atoms with Crippen LogP contribution in [0, 0.1) is 6.92 Å². The fraction of sp³-hybridized carbons (Fsp3) is 0.231. The van der Waals surface area contributed by atoms with Gasteiger partial charge in [0.2, 0.25) is 0 Å². The van der Waals surface area contributed by atoms with Crippen molar-refractivity contribution in [3.05, 3.63) is 40.4 Å². The third-order valence-corrected chi connectivity index (χ3v) is 3.63. The van der Waals surface area contributed by atoms with E-state index in [1.807, 2.05) is 31.2 Å². The fourth-order valence-electron chi connectivity index (χ4n) is 1.59. The molecular formula is C13H14N2O2S. The second-order valence-electron chi connectivity index (χ2n) is 3.82. The molecule has 1 aromatic carbocycles. The van der Waals surface area contributed by atoms with Crippen LogP contribution in [0.1, 0.15) is 20.9 Å². The highest BCUT2D eigenvalue weighted by Gasteiger charge is 2.16. The van der Waals surface area contributed by atoms with E-state index in [4.69, 9.17) is 10.5 Å². The van der Waals surface area contributed by atoms with Crippen molar-refractivity contribution < 1.29 is 9.53 Å². The summed E-state index contributed by atoms with van der Waals surface area (Å²) in [6.07, 6.45) is 0. The molecule has 0 spiro atoms. The number of nitrogens with two attached hydrogens (primary N) is 1. The maximum Gasteiger partial charge on any atom is 0.357 e. The highest BCUT2D eigenvalue weighted by atomic mass is 32.1. The van der Waals surface area contributed by atoms with Crippen LogP contribution in [-0.4, -0.2) is 18.1 Å². The minimum Gasteiger partial charge on any atom is -0.464 e. The number of carbonyl (C=O) groups is 1. The van der Waals surface area contributed by atoms with E-state index >= 15 is 0 Å². The number of nitrogens with zero attached hydrogens (tertiary/aromatic N) is 1. The number of thiazole rings is 1. The van der Waals surface area contributed by atoms with Gasteiger partial charge in [-0.3, -0.25) is 0 Å². The maximum atomic E-state index is 11.5. The number of benzene rings is 1. The Morgan fingerprint density at radius 1 is 1.39 bits per heavy atom. The van der Waals surface area contributed by atoms with Crippen LogP contribution in [0.15, 0.2) is 24.3 Å². The van der Waals surface area contributed by atoms with Gasteiger partial charge in [0.1, 0.15) is 5.01 Å². The molecule has 0 radical (unpaired) electrons. The molecule has 2 aromatic rings. The second-order valence-corrected chi connectivity index (χ2v) is 5.02. The number of methoxy groups -OCH3 is 1. The van der Waals surface area contributed by atoms with Crippen LogP contribution in [0.3, 0.4) is 0 Å². The summed E-state index contributed by atoms with van der Waals surface area (Å²) in [5.41, 5.74) is 7.99. The molecule has 0 atom stereocenters. The van der Waals surface area contributed by atoms with Gasteiger partial charge < -0.3 is 10.5 Å². The second kappa shape index (κ2) is 5.29. The quantitative estimate of drug-likeness (QED) is 0.862. The van der Waals surface area contributed by atoms with E-state index in [0.29, 0.717) is 12.2 Å². The molecule has 0 aliphatic rings. The smallest absolute Gasteiger partial charge is 0.357 e. The molecule has 18 heavy (non-hydrogen) atoms. The summed E-state index contributed by atoms with van der Waals surface area (Å²) < 4.78 is 4.69. The van der Waals surface area contributed by atoms with Gasteiger partial charge in [0.05, 0.1) is 7.11 Å². The lowest BCUT2D eigenvalue weighted by Crippen LogP contribution is -2.03. The number of hydrogen-bond donors (Lipinski definition) is 1. The average molecular weight is 262 g/mol. The topological polar surface area (TPSA) is 65.2 Å². The molecule has 94 valence electrons. The molecule has 0 bridgehead atoms. The summed E-state index contributed by atoms with van der Waals surface area (Å²) >= 11 is 1.48. The molecular weight excluding hydrogens is 248 g/mol. The molecule has 0 amide bonds. The van der Waals surface area contributed by atoms with E-state index in [2.05, 4.69) is 4.98 Å². The van der Waals surface area contributed by atoms with Crippen molar-refractivity contribution in [1.82, 2.24) is 4.98 Å². The van der Waals surface area contributed by atoms with Crippen molar-refractivity contribution in [2.75, 3.05) is 7.11 Å². The van der Waals surface area contributed by atoms with Crippen molar-refractivity contribution in [3.8, 4) is 10.6 Å². The number of ether oxygens (including phenoxy) is 1. The molecule has 5 heteroatoms. The highest BCUT2D eigenvalue weighted by molar-refractivity contribution is 7.15. The van der Waals surface area contributed by atoms with E-state index in [1.54, 1.807) is 0 Å². The van der Waals surface area contributed by atoms with E-state index in [0.717, 1.165) is 21.0 Å². The molecule has 1 heterocycles. The van der Waals surface area contributed by atoms with Crippen LogP contribution in [-0.2, 0) is 11.3 Å². The van der Waals surface area contributed by atoms with Gasteiger partial charge in [-0.25, -0.2) is 9.78 Å². The summed E-state index contributed by atoms with van der Waals surface area (Å²) in [6.45, 7) is 2.38. The van der Waals surface area contributed by atoms with E-state index in [-0.39, 0.29) is 0 Å². The number of esters is 1. The Morgan fingerprint density at radius 2 is 2.06 bits per heavy atom. The van der Waals surface area contributed by atoms with Crippen LogP contribution in [0.4, 0.5) is 0 Å². The van der Waals surface area contributed by atoms with Crippen LogP contribution in [0.25, 0.3) is 10.6 Å². The monoisotopic (exact) mass is 262 g/mol. The van der Waals surface area contributed by atoms with Gasteiger partial charge in [-0.2, -0.15) is 0 Å².